The Kier molecular flexibility index (Phi) is 4.52. The maximum Gasteiger partial charge on any atom is 0.387 e. The van der Waals surface area contributed by atoms with E-state index in [4.69, 9.17) is 5.11 Å². The molecule has 0 saturated heterocycles. The molecule has 0 saturated carbocycles. The van der Waals surface area contributed by atoms with E-state index in [-0.39, 0.29) is 17.4 Å². The molecule has 0 heterocycles. The first-order valence-electron chi connectivity index (χ1n) is 6.22. The van der Waals surface area contributed by atoms with Crippen molar-refractivity contribution in [3.05, 3.63) is 42.0 Å². The number of alkyl halides is 2. The van der Waals surface area contributed by atoms with E-state index in [1.165, 1.54) is 30.3 Å². The molecule has 0 spiro atoms. The van der Waals surface area contributed by atoms with Crippen molar-refractivity contribution in [2.24, 2.45) is 5.92 Å². The summed E-state index contributed by atoms with van der Waals surface area (Å²) >= 11 is 0. The van der Waals surface area contributed by atoms with Gasteiger partial charge in [-0.2, -0.15) is 8.78 Å². The number of aliphatic carboxylic acids is 1. The maximum atomic E-state index is 12.0. The molecule has 1 amide bonds. The number of carbonyl (C=O) groups excluding carboxylic acids is 1. The summed E-state index contributed by atoms with van der Waals surface area (Å²) in [5.41, 5.74) is 0.281. The van der Waals surface area contributed by atoms with Gasteiger partial charge in [0.2, 0.25) is 0 Å². The molecule has 0 aromatic heterocycles. The lowest BCUT2D eigenvalue weighted by atomic mass is 10.1. The summed E-state index contributed by atoms with van der Waals surface area (Å²) in [7, 11) is 0. The van der Waals surface area contributed by atoms with Crippen molar-refractivity contribution in [3.8, 4) is 5.75 Å². The molecule has 0 radical (unpaired) electrons. The lowest BCUT2D eigenvalue weighted by Crippen LogP contribution is -2.33. The van der Waals surface area contributed by atoms with Crippen molar-refractivity contribution < 1.29 is 28.2 Å². The molecule has 1 aromatic carbocycles. The average molecular weight is 297 g/mol. The topological polar surface area (TPSA) is 75.6 Å². The van der Waals surface area contributed by atoms with Crippen molar-refractivity contribution in [3.63, 3.8) is 0 Å². The summed E-state index contributed by atoms with van der Waals surface area (Å²) in [5.74, 6) is -1.97. The highest BCUT2D eigenvalue weighted by Gasteiger charge is 2.25. The van der Waals surface area contributed by atoms with Gasteiger partial charge >= 0.3 is 12.6 Å². The number of benzene rings is 1. The monoisotopic (exact) mass is 297 g/mol. The summed E-state index contributed by atoms with van der Waals surface area (Å²) in [5, 5.41) is 11.5. The van der Waals surface area contributed by atoms with Crippen LogP contribution in [-0.2, 0) is 4.79 Å². The number of halogens is 2. The molecule has 7 heteroatoms. The number of amides is 1. The fourth-order valence-electron chi connectivity index (χ4n) is 2.03. The lowest BCUT2D eigenvalue weighted by molar-refractivity contribution is -0.140. The molecule has 112 valence electrons. The van der Waals surface area contributed by atoms with Gasteiger partial charge in [-0.3, -0.25) is 9.59 Å². The summed E-state index contributed by atoms with van der Waals surface area (Å²) in [6.45, 7) is -2.92. The molecule has 2 N–H and O–H groups in total. The maximum absolute atomic E-state index is 12.0. The van der Waals surface area contributed by atoms with Crippen LogP contribution in [0.1, 0.15) is 16.8 Å². The van der Waals surface area contributed by atoms with E-state index in [9.17, 15) is 18.4 Å². The van der Waals surface area contributed by atoms with Crippen LogP contribution >= 0.6 is 0 Å². The van der Waals surface area contributed by atoms with Gasteiger partial charge in [0.15, 0.2) is 0 Å². The molecule has 2 atom stereocenters. The number of carbonyl (C=O) groups is 2. The van der Waals surface area contributed by atoms with E-state index in [1.54, 1.807) is 6.08 Å². The van der Waals surface area contributed by atoms with E-state index in [0.717, 1.165) is 0 Å². The quantitative estimate of drug-likeness (QED) is 0.816. The number of rotatable bonds is 5. The second-order valence-corrected chi connectivity index (χ2v) is 4.55. The lowest BCUT2D eigenvalue weighted by Gasteiger charge is -2.12. The molecule has 0 bridgehead atoms. The Morgan fingerprint density at radius 1 is 1.24 bits per heavy atom. The number of nitrogens with one attached hydrogen (secondary N) is 1. The highest BCUT2D eigenvalue weighted by Crippen LogP contribution is 2.19. The van der Waals surface area contributed by atoms with Crippen molar-refractivity contribution in [2.45, 2.75) is 19.1 Å². The normalized spacial score (nSPS) is 20.5. The van der Waals surface area contributed by atoms with E-state index in [2.05, 4.69) is 10.1 Å². The minimum Gasteiger partial charge on any atom is -0.481 e. The van der Waals surface area contributed by atoms with Crippen molar-refractivity contribution in [1.82, 2.24) is 5.32 Å². The summed E-state index contributed by atoms with van der Waals surface area (Å²) in [6, 6.07) is 4.91. The van der Waals surface area contributed by atoms with Gasteiger partial charge < -0.3 is 15.2 Å². The number of ether oxygens (including phenoxy) is 1. The van der Waals surface area contributed by atoms with E-state index >= 15 is 0 Å². The van der Waals surface area contributed by atoms with Crippen LogP contribution in [-0.4, -0.2) is 29.6 Å². The van der Waals surface area contributed by atoms with Gasteiger partial charge in [-0.05, 0) is 30.7 Å². The number of carboxylic acid groups (broad SMARTS) is 1. The molecule has 0 aliphatic heterocycles. The third-order valence-electron chi connectivity index (χ3n) is 3.06. The van der Waals surface area contributed by atoms with Crippen LogP contribution in [0.3, 0.4) is 0 Å². The predicted octanol–water partition coefficient (Wildman–Crippen LogP) is 2.05. The zero-order valence-corrected chi connectivity index (χ0v) is 10.8. The van der Waals surface area contributed by atoms with Gasteiger partial charge in [0.25, 0.3) is 5.91 Å². The number of hydrogen-bond donors (Lipinski definition) is 2. The van der Waals surface area contributed by atoms with Crippen LogP contribution in [0.15, 0.2) is 36.4 Å². The largest absolute Gasteiger partial charge is 0.481 e. The van der Waals surface area contributed by atoms with Gasteiger partial charge in [-0.15, -0.1) is 0 Å². The zero-order valence-electron chi connectivity index (χ0n) is 10.8. The van der Waals surface area contributed by atoms with Crippen molar-refractivity contribution in [1.29, 1.82) is 0 Å². The fraction of sp³-hybridized carbons (Fsp3) is 0.286. The van der Waals surface area contributed by atoms with Crippen molar-refractivity contribution in [2.75, 3.05) is 0 Å². The van der Waals surface area contributed by atoms with E-state index < -0.39 is 24.4 Å². The van der Waals surface area contributed by atoms with Crippen LogP contribution in [0.5, 0.6) is 5.75 Å². The Hall–Kier alpha value is -2.44. The Morgan fingerprint density at radius 2 is 1.90 bits per heavy atom. The van der Waals surface area contributed by atoms with Gasteiger partial charge in [0.1, 0.15) is 5.75 Å². The van der Waals surface area contributed by atoms with Gasteiger partial charge in [-0.1, -0.05) is 12.2 Å². The zero-order chi connectivity index (χ0) is 15.4. The van der Waals surface area contributed by atoms with Crippen LogP contribution in [0.2, 0.25) is 0 Å². The fourth-order valence-corrected chi connectivity index (χ4v) is 2.03. The summed E-state index contributed by atoms with van der Waals surface area (Å²) in [6.07, 6.45) is 3.46. The number of carboxylic acids is 1. The Labute approximate surface area is 119 Å². The van der Waals surface area contributed by atoms with E-state index in [1.807, 2.05) is 0 Å². The minimum atomic E-state index is -2.92. The first kappa shape index (κ1) is 15.0. The molecule has 21 heavy (non-hydrogen) atoms. The third kappa shape index (κ3) is 4.01. The van der Waals surface area contributed by atoms with Gasteiger partial charge in [0.05, 0.1) is 5.92 Å². The average Bonchev–Trinajstić information content (AvgIpc) is 2.87. The highest BCUT2D eigenvalue weighted by molar-refractivity contribution is 5.94. The third-order valence-corrected chi connectivity index (χ3v) is 3.06. The molecule has 2 unspecified atom stereocenters. The first-order valence-corrected chi connectivity index (χ1v) is 6.22. The molecule has 1 aliphatic rings. The molecule has 1 aromatic rings. The van der Waals surface area contributed by atoms with Gasteiger partial charge in [0, 0.05) is 11.6 Å². The molecular weight excluding hydrogens is 284 g/mol. The molecule has 0 fully saturated rings. The molecular formula is C14H13F2NO4. The highest BCUT2D eigenvalue weighted by atomic mass is 19.3. The Morgan fingerprint density at radius 3 is 2.43 bits per heavy atom. The van der Waals surface area contributed by atoms with Crippen LogP contribution < -0.4 is 10.1 Å². The molecule has 5 nitrogen and oxygen atoms in total. The smallest absolute Gasteiger partial charge is 0.387 e. The minimum absolute atomic E-state index is 0.0340. The van der Waals surface area contributed by atoms with Crippen molar-refractivity contribution >= 4 is 11.9 Å². The van der Waals surface area contributed by atoms with Gasteiger partial charge in [-0.25, -0.2) is 0 Å². The van der Waals surface area contributed by atoms with E-state index in [0.29, 0.717) is 6.42 Å². The summed E-state index contributed by atoms with van der Waals surface area (Å²) < 4.78 is 28.2. The first-order chi connectivity index (χ1) is 9.95. The molecule has 1 aliphatic carbocycles. The van der Waals surface area contributed by atoms with Crippen LogP contribution in [0.4, 0.5) is 8.78 Å². The summed E-state index contributed by atoms with van der Waals surface area (Å²) in [4.78, 5) is 22.7. The van der Waals surface area contributed by atoms with Crippen LogP contribution in [0, 0.1) is 5.92 Å². The molecule has 2 rings (SSSR count). The standard InChI is InChI=1S/C14H13F2NO4/c15-14(16)21-11-5-2-8(3-6-11)12(18)17-10-4-1-9(7-10)13(19)20/h1-6,9-10,14H,7H2,(H,17,18)(H,19,20). The van der Waals surface area contributed by atoms with Crippen LogP contribution in [0.25, 0.3) is 0 Å². The Bertz CT molecular complexity index is 557. The SMILES string of the molecule is O=C(NC1C=CC(C(=O)O)C1)c1ccc(OC(F)F)cc1. The Balaban J connectivity index is 1.92. The predicted molar refractivity (Wildman–Crippen MR) is 69.2 cm³/mol. The number of hydrogen-bond acceptors (Lipinski definition) is 3. The second kappa shape index (κ2) is 6.34. The second-order valence-electron chi connectivity index (χ2n) is 4.55.